The maximum atomic E-state index is 12.6. The summed E-state index contributed by atoms with van der Waals surface area (Å²) in [5.74, 6) is -0.919. The summed E-state index contributed by atoms with van der Waals surface area (Å²) in [6, 6.07) is 3.01. The predicted molar refractivity (Wildman–Crippen MR) is 92.8 cm³/mol. The van der Waals surface area contributed by atoms with Crippen molar-refractivity contribution < 1.29 is 19.4 Å². The van der Waals surface area contributed by atoms with E-state index in [1.807, 2.05) is 11.8 Å². The Morgan fingerprint density at radius 3 is 2.79 bits per heavy atom. The number of amides is 1. The summed E-state index contributed by atoms with van der Waals surface area (Å²) in [4.78, 5) is 25.7. The van der Waals surface area contributed by atoms with E-state index < -0.39 is 17.9 Å². The number of ether oxygens (including phenoxy) is 1. The molecule has 0 aromatic heterocycles. The van der Waals surface area contributed by atoms with Crippen LogP contribution in [-0.2, 0) is 9.59 Å². The Morgan fingerprint density at radius 2 is 2.17 bits per heavy atom. The van der Waals surface area contributed by atoms with Gasteiger partial charge in [-0.05, 0) is 44.9 Å². The number of anilines is 1. The van der Waals surface area contributed by atoms with Crippen LogP contribution in [0.25, 0.3) is 0 Å². The monoisotopic (exact) mass is 354 g/mol. The molecule has 6 nitrogen and oxygen atoms in total. The summed E-state index contributed by atoms with van der Waals surface area (Å²) in [5.41, 5.74) is 1.40. The molecule has 1 saturated heterocycles. The Morgan fingerprint density at radius 1 is 1.46 bits per heavy atom. The molecular weight excluding hydrogens is 332 g/mol. The Bertz CT molecular complexity index is 635. The lowest BCUT2D eigenvalue weighted by Crippen LogP contribution is -2.48. The molecule has 2 unspecified atom stereocenters. The van der Waals surface area contributed by atoms with Gasteiger partial charge < -0.3 is 15.2 Å². The van der Waals surface area contributed by atoms with Crippen LogP contribution < -0.4 is 10.1 Å². The number of rotatable bonds is 5. The fourth-order valence-corrected chi connectivity index (χ4v) is 3.05. The van der Waals surface area contributed by atoms with Crippen molar-refractivity contribution in [3.63, 3.8) is 0 Å². The minimum absolute atomic E-state index is 0.193. The molecule has 0 radical (unpaired) electrons. The molecule has 2 rings (SSSR count). The molecule has 1 fully saturated rings. The number of likely N-dealkylation sites (tertiary alicyclic amines) is 1. The normalized spacial score (nSPS) is 19.6. The molecule has 0 spiro atoms. The Labute approximate surface area is 146 Å². The zero-order chi connectivity index (χ0) is 17.9. The number of aliphatic carboxylic acids is 1. The largest absolute Gasteiger partial charge is 0.495 e. The number of carbonyl (C=O) groups is 2. The Kier molecular flexibility index (Phi) is 6.07. The topological polar surface area (TPSA) is 78.9 Å². The number of nitrogens with one attached hydrogen (secondary N) is 1. The van der Waals surface area contributed by atoms with Gasteiger partial charge in [0.05, 0.1) is 24.8 Å². The second-order valence-electron chi connectivity index (χ2n) is 6.14. The van der Waals surface area contributed by atoms with E-state index >= 15 is 0 Å². The van der Waals surface area contributed by atoms with Crippen LogP contribution >= 0.6 is 11.6 Å². The summed E-state index contributed by atoms with van der Waals surface area (Å²) in [6.45, 7) is 4.74. The third kappa shape index (κ3) is 4.19. The first-order valence-corrected chi connectivity index (χ1v) is 8.33. The minimum Gasteiger partial charge on any atom is -0.495 e. The molecule has 7 heteroatoms. The van der Waals surface area contributed by atoms with Crippen LogP contribution in [-0.4, -0.2) is 48.1 Å². The van der Waals surface area contributed by atoms with Gasteiger partial charge >= 0.3 is 5.97 Å². The van der Waals surface area contributed by atoms with E-state index in [2.05, 4.69) is 5.32 Å². The fourth-order valence-electron chi connectivity index (χ4n) is 2.89. The van der Waals surface area contributed by atoms with E-state index in [0.717, 1.165) is 18.5 Å². The first-order valence-electron chi connectivity index (χ1n) is 7.95. The van der Waals surface area contributed by atoms with Gasteiger partial charge in [-0.1, -0.05) is 11.6 Å². The first-order chi connectivity index (χ1) is 11.3. The molecule has 1 aliphatic rings. The predicted octanol–water partition coefficient (Wildman–Crippen LogP) is 2.78. The quantitative estimate of drug-likeness (QED) is 0.850. The highest BCUT2D eigenvalue weighted by Crippen LogP contribution is 2.31. The number of nitrogens with zero attached hydrogens (tertiary/aromatic N) is 1. The van der Waals surface area contributed by atoms with Crippen molar-refractivity contribution >= 4 is 29.2 Å². The number of aryl methyl sites for hydroxylation is 1. The Balaban J connectivity index is 2.09. The average Bonchev–Trinajstić information content (AvgIpc) is 2.57. The lowest BCUT2D eigenvalue weighted by molar-refractivity contribution is -0.144. The highest BCUT2D eigenvalue weighted by molar-refractivity contribution is 6.31. The number of carboxylic acid groups (broad SMARTS) is 1. The smallest absolute Gasteiger partial charge is 0.307 e. The van der Waals surface area contributed by atoms with Crippen LogP contribution in [0.5, 0.6) is 5.75 Å². The van der Waals surface area contributed by atoms with Crippen molar-refractivity contribution in [2.45, 2.75) is 32.7 Å². The van der Waals surface area contributed by atoms with Crippen LogP contribution in [0.15, 0.2) is 12.1 Å². The summed E-state index contributed by atoms with van der Waals surface area (Å²) in [5, 5.41) is 12.6. The lowest BCUT2D eigenvalue weighted by atomic mass is 9.97. The molecular formula is C17H23ClN2O4. The van der Waals surface area contributed by atoms with Gasteiger partial charge in [-0.2, -0.15) is 0 Å². The number of hydrogen-bond donors (Lipinski definition) is 2. The van der Waals surface area contributed by atoms with Crippen LogP contribution in [0.4, 0.5) is 5.69 Å². The molecule has 132 valence electrons. The molecule has 0 aliphatic carbocycles. The molecule has 1 amide bonds. The van der Waals surface area contributed by atoms with Gasteiger partial charge in [0, 0.05) is 17.6 Å². The van der Waals surface area contributed by atoms with E-state index in [0.29, 0.717) is 29.4 Å². The molecule has 2 N–H and O–H groups in total. The molecule has 1 aromatic carbocycles. The molecule has 1 aliphatic heterocycles. The fraction of sp³-hybridized carbons (Fsp3) is 0.529. The van der Waals surface area contributed by atoms with Gasteiger partial charge in [-0.3, -0.25) is 14.5 Å². The molecule has 24 heavy (non-hydrogen) atoms. The van der Waals surface area contributed by atoms with Crippen LogP contribution in [0.3, 0.4) is 0 Å². The number of piperidine rings is 1. The first kappa shape index (κ1) is 18.5. The maximum Gasteiger partial charge on any atom is 0.307 e. The summed E-state index contributed by atoms with van der Waals surface area (Å²) < 4.78 is 5.27. The van der Waals surface area contributed by atoms with E-state index in [1.165, 1.54) is 7.11 Å². The van der Waals surface area contributed by atoms with Gasteiger partial charge in [-0.15, -0.1) is 0 Å². The lowest BCUT2D eigenvalue weighted by Gasteiger charge is -2.34. The van der Waals surface area contributed by atoms with E-state index in [-0.39, 0.29) is 5.91 Å². The number of hydrogen-bond acceptors (Lipinski definition) is 4. The molecule has 0 saturated carbocycles. The maximum absolute atomic E-state index is 12.6. The zero-order valence-electron chi connectivity index (χ0n) is 14.1. The molecule has 1 heterocycles. The number of benzene rings is 1. The third-order valence-electron chi connectivity index (χ3n) is 4.47. The number of halogens is 1. The van der Waals surface area contributed by atoms with Gasteiger partial charge in [-0.25, -0.2) is 0 Å². The number of carboxylic acids is 1. The van der Waals surface area contributed by atoms with Gasteiger partial charge in [0.25, 0.3) is 0 Å². The van der Waals surface area contributed by atoms with E-state index in [4.69, 9.17) is 16.3 Å². The molecule has 0 bridgehead atoms. The standard InChI is InChI=1S/C17H23ClN2O4/c1-10-7-14(15(24-3)8-13(10)18)19-16(21)11(2)20-6-4-5-12(9-20)17(22)23/h7-8,11-12H,4-6,9H2,1-3H3,(H,19,21)(H,22,23). The van der Waals surface area contributed by atoms with Crippen molar-refractivity contribution in [1.29, 1.82) is 0 Å². The summed E-state index contributed by atoms with van der Waals surface area (Å²) in [6.07, 6.45) is 1.43. The minimum atomic E-state index is -0.803. The summed E-state index contributed by atoms with van der Waals surface area (Å²) in [7, 11) is 1.52. The third-order valence-corrected chi connectivity index (χ3v) is 4.88. The SMILES string of the molecule is COc1cc(Cl)c(C)cc1NC(=O)C(C)N1CCCC(C(=O)O)C1. The highest BCUT2D eigenvalue weighted by Gasteiger charge is 2.31. The Hall–Kier alpha value is -1.79. The van der Waals surface area contributed by atoms with Crippen molar-refractivity contribution in [2.24, 2.45) is 5.92 Å². The van der Waals surface area contributed by atoms with Crippen molar-refractivity contribution in [3.05, 3.63) is 22.7 Å². The van der Waals surface area contributed by atoms with Gasteiger partial charge in [0.2, 0.25) is 5.91 Å². The van der Waals surface area contributed by atoms with Crippen LogP contribution in [0.1, 0.15) is 25.3 Å². The average molecular weight is 355 g/mol. The number of carbonyl (C=O) groups excluding carboxylic acids is 1. The molecule has 1 aromatic rings. The summed E-state index contributed by atoms with van der Waals surface area (Å²) >= 11 is 6.07. The van der Waals surface area contributed by atoms with Crippen LogP contribution in [0.2, 0.25) is 5.02 Å². The van der Waals surface area contributed by atoms with Gasteiger partial charge in [0.1, 0.15) is 5.75 Å². The van der Waals surface area contributed by atoms with E-state index in [9.17, 15) is 14.7 Å². The number of methoxy groups -OCH3 is 1. The zero-order valence-corrected chi connectivity index (χ0v) is 14.9. The van der Waals surface area contributed by atoms with Crippen molar-refractivity contribution in [3.8, 4) is 5.75 Å². The second kappa shape index (κ2) is 7.85. The van der Waals surface area contributed by atoms with Crippen molar-refractivity contribution in [2.75, 3.05) is 25.5 Å². The van der Waals surface area contributed by atoms with Crippen LogP contribution in [0, 0.1) is 12.8 Å². The highest BCUT2D eigenvalue weighted by atomic mass is 35.5. The van der Waals surface area contributed by atoms with Crippen molar-refractivity contribution in [1.82, 2.24) is 4.90 Å². The molecule has 2 atom stereocenters. The van der Waals surface area contributed by atoms with Gasteiger partial charge in [0.15, 0.2) is 0 Å². The van der Waals surface area contributed by atoms with E-state index in [1.54, 1.807) is 19.1 Å². The second-order valence-corrected chi connectivity index (χ2v) is 6.55.